The number of thiophene rings is 2. The van der Waals surface area contributed by atoms with Crippen molar-refractivity contribution >= 4 is 32.9 Å². The number of fused-ring (bicyclic) bond motifs is 3. The van der Waals surface area contributed by atoms with E-state index >= 15 is 0 Å². The monoisotopic (exact) mass is 316 g/mol. The van der Waals surface area contributed by atoms with Gasteiger partial charge in [-0.05, 0) is 49.8 Å². The second kappa shape index (κ2) is 5.07. The molecule has 3 heterocycles. The summed E-state index contributed by atoms with van der Waals surface area (Å²) in [5, 5.41) is 0.839. The number of hydrogen-bond donors (Lipinski definition) is 1. The van der Waals surface area contributed by atoms with Crippen LogP contribution >= 0.6 is 22.7 Å². The molecule has 0 fully saturated rings. The Hall–Kier alpha value is -1.46. The summed E-state index contributed by atoms with van der Waals surface area (Å²) >= 11 is 3.42. The third kappa shape index (κ3) is 2.15. The van der Waals surface area contributed by atoms with E-state index in [1.54, 1.807) is 22.7 Å². The van der Waals surface area contributed by atoms with Gasteiger partial charge in [0.1, 0.15) is 4.83 Å². The maximum atomic E-state index is 12.5. The maximum absolute atomic E-state index is 12.5. The van der Waals surface area contributed by atoms with E-state index in [0.717, 1.165) is 40.2 Å². The Labute approximate surface area is 130 Å². The lowest BCUT2D eigenvalue weighted by Gasteiger charge is -2.09. The van der Waals surface area contributed by atoms with Crippen LogP contribution in [0.3, 0.4) is 0 Å². The number of H-pyrrole nitrogens is 1. The van der Waals surface area contributed by atoms with Gasteiger partial charge in [-0.2, -0.15) is 0 Å². The summed E-state index contributed by atoms with van der Waals surface area (Å²) in [6, 6.07) is 4.17. The lowest BCUT2D eigenvalue weighted by atomic mass is 9.97. The van der Waals surface area contributed by atoms with Crippen LogP contribution in [0.2, 0.25) is 0 Å². The van der Waals surface area contributed by atoms with Crippen LogP contribution in [0.15, 0.2) is 16.9 Å². The highest BCUT2D eigenvalue weighted by Gasteiger charge is 2.20. The summed E-state index contributed by atoms with van der Waals surface area (Å²) in [7, 11) is 0. The van der Waals surface area contributed by atoms with Gasteiger partial charge >= 0.3 is 0 Å². The van der Waals surface area contributed by atoms with Crippen LogP contribution in [0.1, 0.15) is 35.1 Å². The molecule has 3 nitrogen and oxygen atoms in total. The van der Waals surface area contributed by atoms with Gasteiger partial charge in [-0.15, -0.1) is 22.7 Å². The van der Waals surface area contributed by atoms with Crippen LogP contribution in [-0.4, -0.2) is 9.97 Å². The third-order valence-corrected chi connectivity index (χ3v) is 6.49. The van der Waals surface area contributed by atoms with Gasteiger partial charge < -0.3 is 4.98 Å². The molecule has 21 heavy (non-hydrogen) atoms. The number of hydrogen-bond acceptors (Lipinski definition) is 4. The zero-order valence-corrected chi connectivity index (χ0v) is 13.5. The highest BCUT2D eigenvalue weighted by Crippen LogP contribution is 2.35. The molecule has 3 aromatic heterocycles. The molecule has 1 aliphatic rings. The van der Waals surface area contributed by atoms with Crippen LogP contribution in [0.25, 0.3) is 20.9 Å². The Morgan fingerprint density at radius 3 is 2.90 bits per heavy atom. The summed E-state index contributed by atoms with van der Waals surface area (Å²) in [5.41, 5.74) is 1.28. The molecule has 0 saturated heterocycles. The molecular weight excluding hydrogens is 300 g/mol. The van der Waals surface area contributed by atoms with E-state index in [1.807, 2.05) is 0 Å². The van der Waals surface area contributed by atoms with Crippen molar-refractivity contribution in [2.45, 2.75) is 39.0 Å². The Morgan fingerprint density at radius 2 is 2.10 bits per heavy atom. The first-order valence-electron chi connectivity index (χ1n) is 7.40. The molecule has 0 amide bonds. The Kier molecular flexibility index (Phi) is 3.19. The van der Waals surface area contributed by atoms with Crippen molar-refractivity contribution in [2.24, 2.45) is 0 Å². The van der Waals surface area contributed by atoms with Crippen molar-refractivity contribution in [1.29, 1.82) is 0 Å². The first kappa shape index (κ1) is 13.2. The van der Waals surface area contributed by atoms with Gasteiger partial charge in [-0.25, -0.2) is 4.98 Å². The first-order valence-corrected chi connectivity index (χ1v) is 9.03. The number of aromatic amines is 1. The summed E-state index contributed by atoms with van der Waals surface area (Å²) in [5.74, 6) is 0.718. The molecule has 0 radical (unpaired) electrons. The summed E-state index contributed by atoms with van der Waals surface area (Å²) in [4.78, 5) is 24.9. The van der Waals surface area contributed by atoms with Crippen molar-refractivity contribution in [3.8, 4) is 10.7 Å². The molecule has 0 unspecified atom stereocenters. The number of nitrogens with one attached hydrogen (secondary N) is 1. The predicted octanol–water partition coefficient (Wildman–Crippen LogP) is 4.15. The van der Waals surface area contributed by atoms with Crippen LogP contribution in [-0.2, 0) is 19.3 Å². The van der Waals surface area contributed by atoms with Gasteiger partial charge in [0, 0.05) is 9.75 Å². The fourth-order valence-electron chi connectivity index (χ4n) is 2.98. The van der Waals surface area contributed by atoms with Crippen molar-refractivity contribution in [3.63, 3.8) is 0 Å². The van der Waals surface area contributed by atoms with Gasteiger partial charge in [-0.1, -0.05) is 6.92 Å². The fourth-order valence-corrected chi connectivity index (χ4v) is 5.13. The average Bonchev–Trinajstić information content (AvgIpc) is 3.11. The van der Waals surface area contributed by atoms with Crippen LogP contribution in [0.4, 0.5) is 0 Å². The molecule has 5 heteroatoms. The number of nitrogens with zero attached hydrogens (tertiary/aromatic N) is 1. The third-order valence-electron chi connectivity index (χ3n) is 4.07. The zero-order valence-electron chi connectivity index (χ0n) is 11.9. The van der Waals surface area contributed by atoms with E-state index < -0.39 is 0 Å². The van der Waals surface area contributed by atoms with E-state index in [2.05, 4.69) is 24.0 Å². The van der Waals surface area contributed by atoms with E-state index in [9.17, 15) is 4.79 Å². The molecule has 1 N–H and O–H groups in total. The maximum Gasteiger partial charge on any atom is 0.260 e. The second-order valence-electron chi connectivity index (χ2n) is 5.43. The van der Waals surface area contributed by atoms with Crippen molar-refractivity contribution in [3.05, 3.63) is 37.8 Å². The van der Waals surface area contributed by atoms with Crippen molar-refractivity contribution in [2.75, 3.05) is 0 Å². The van der Waals surface area contributed by atoms with E-state index in [4.69, 9.17) is 4.98 Å². The van der Waals surface area contributed by atoms with Crippen molar-refractivity contribution < 1.29 is 0 Å². The molecule has 1 aliphatic carbocycles. The SMILES string of the molecule is CCc1ccc(-c2nc3sc4c(c3c(=O)[nH]2)CCCC4)s1. The molecule has 3 aromatic rings. The quantitative estimate of drug-likeness (QED) is 0.772. The Morgan fingerprint density at radius 1 is 1.24 bits per heavy atom. The normalized spacial score (nSPS) is 14.5. The first-order chi connectivity index (χ1) is 10.3. The molecule has 0 bridgehead atoms. The standard InChI is InChI=1S/C16H16N2OS2/c1-2-9-7-8-12(20-9)14-17-15(19)13-10-5-3-4-6-11(10)21-16(13)18-14/h7-8H,2-6H2,1H3,(H,17,18,19). The molecule has 4 rings (SSSR count). The van der Waals surface area contributed by atoms with E-state index in [0.29, 0.717) is 0 Å². The fraction of sp³-hybridized carbons (Fsp3) is 0.375. The largest absolute Gasteiger partial charge is 0.305 e. The molecule has 0 aliphatic heterocycles. The molecule has 0 spiro atoms. The zero-order chi connectivity index (χ0) is 14.4. The van der Waals surface area contributed by atoms with Crippen molar-refractivity contribution in [1.82, 2.24) is 9.97 Å². The summed E-state index contributed by atoms with van der Waals surface area (Å²) in [6.07, 6.45) is 5.56. The van der Waals surface area contributed by atoms with Gasteiger partial charge in [0.25, 0.3) is 5.56 Å². The molecule has 0 atom stereocenters. The van der Waals surface area contributed by atoms with Gasteiger partial charge in [-0.3, -0.25) is 4.79 Å². The minimum atomic E-state index is 0.0286. The minimum absolute atomic E-state index is 0.0286. The van der Waals surface area contributed by atoms with Crippen LogP contribution in [0.5, 0.6) is 0 Å². The Bertz CT molecular complexity index is 872. The number of rotatable bonds is 2. The van der Waals surface area contributed by atoms with E-state index in [1.165, 1.54) is 28.2 Å². The predicted molar refractivity (Wildman–Crippen MR) is 89.6 cm³/mol. The molecule has 0 aromatic carbocycles. The second-order valence-corrected chi connectivity index (χ2v) is 7.68. The minimum Gasteiger partial charge on any atom is -0.305 e. The van der Waals surface area contributed by atoms with E-state index in [-0.39, 0.29) is 5.56 Å². The smallest absolute Gasteiger partial charge is 0.260 e. The van der Waals surface area contributed by atoms with Gasteiger partial charge in [0.15, 0.2) is 5.82 Å². The number of aromatic nitrogens is 2. The average molecular weight is 316 g/mol. The lowest BCUT2D eigenvalue weighted by molar-refractivity contribution is 0.700. The topological polar surface area (TPSA) is 45.8 Å². The molecule has 108 valence electrons. The Balaban J connectivity index is 1.91. The summed E-state index contributed by atoms with van der Waals surface area (Å²) in [6.45, 7) is 2.14. The number of aryl methyl sites for hydroxylation is 3. The summed E-state index contributed by atoms with van der Waals surface area (Å²) < 4.78 is 0. The lowest BCUT2D eigenvalue weighted by Crippen LogP contribution is -2.10. The highest BCUT2D eigenvalue weighted by atomic mass is 32.1. The molecule has 0 saturated carbocycles. The van der Waals surface area contributed by atoms with Gasteiger partial charge in [0.2, 0.25) is 0 Å². The van der Waals surface area contributed by atoms with Gasteiger partial charge in [0.05, 0.1) is 10.3 Å². The van der Waals surface area contributed by atoms with Crippen LogP contribution in [0, 0.1) is 0 Å². The highest BCUT2D eigenvalue weighted by molar-refractivity contribution is 7.19. The molecular formula is C16H16N2OS2. The van der Waals surface area contributed by atoms with Crippen LogP contribution < -0.4 is 5.56 Å².